The Morgan fingerprint density at radius 3 is 2.62 bits per heavy atom. The van der Waals surface area contributed by atoms with E-state index in [1.54, 1.807) is 30.3 Å². The molecule has 0 bridgehead atoms. The number of benzene rings is 1. The van der Waals surface area contributed by atoms with E-state index in [1.165, 1.54) is 17.4 Å². The van der Waals surface area contributed by atoms with Crippen molar-refractivity contribution >= 4 is 34.8 Å². The molecule has 0 atom stereocenters. The molecular formula is C17H18N2O4S. The molecule has 0 saturated heterocycles. The molecular weight excluding hydrogens is 328 g/mol. The van der Waals surface area contributed by atoms with E-state index in [9.17, 15) is 14.4 Å². The smallest absolute Gasteiger partial charge is 0.338 e. The minimum absolute atomic E-state index is 0.0213. The predicted octanol–water partition coefficient (Wildman–Crippen LogP) is 2.68. The normalized spacial score (nSPS) is 10.3. The van der Waals surface area contributed by atoms with Gasteiger partial charge in [-0.15, -0.1) is 11.3 Å². The third kappa shape index (κ3) is 5.20. The fraction of sp³-hybridized carbons (Fsp3) is 0.235. The first-order valence-electron chi connectivity index (χ1n) is 7.37. The monoisotopic (exact) mass is 346 g/mol. The third-order valence-electron chi connectivity index (χ3n) is 2.89. The average molecular weight is 346 g/mol. The number of nitrogens with one attached hydrogen (secondary N) is 2. The van der Waals surface area contributed by atoms with Crippen LogP contribution in [0.5, 0.6) is 0 Å². The van der Waals surface area contributed by atoms with Crippen LogP contribution in [0.1, 0.15) is 33.9 Å². The summed E-state index contributed by atoms with van der Waals surface area (Å²) < 4.78 is 4.96. The van der Waals surface area contributed by atoms with E-state index in [2.05, 4.69) is 10.6 Å². The number of esters is 1. The topological polar surface area (TPSA) is 84.5 Å². The van der Waals surface area contributed by atoms with E-state index in [0.29, 0.717) is 10.6 Å². The fourth-order valence-corrected chi connectivity index (χ4v) is 2.52. The highest BCUT2D eigenvalue weighted by atomic mass is 32.1. The Morgan fingerprint density at radius 2 is 1.96 bits per heavy atom. The molecule has 6 nitrogen and oxygen atoms in total. The van der Waals surface area contributed by atoms with Gasteiger partial charge in [-0.05, 0) is 43.5 Å². The molecule has 24 heavy (non-hydrogen) atoms. The van der Waals surface area contributed by atoms with Crippen molar-refractivity contribution in [1.29, 1.82) is 0 Å². The standard InChI is InChI=1S/C17H18N2O4S/c1-11(2)18-15(20)10-23-17(22)12-5-3-6-13(9-12)19-16(21)14-7-4-8-24-14/h3-9,11H,10H2,1-2H3,(H,18,20)(H,19,21). The molecule has 0 aliphatic rings. The molecule has 0 aliphatic heterocycles. The molecule has 2 rings (SSSR count). The van der Waals surface area contributed by atoms with Crippen molar-refractivity contribution in [3.05, 3.63) is 52.2 Å². The average Bonchev–Trinajstić information content (AvgIpc) is 3.07. The van der Waals surface area contributed by atoms with Crippen LogP contribution in [-0.2, 0) is 9.53 Å². The fourth-order valence-electron chi connectivity index (χ4n) is 1.90. The van der Waals surface area contributed by atoms with Crippen molar-refractivity contribution in [2.24, 2.45) is 0 Å². The van der Waals surface area contributed by atoms with Crippen LogP contribution in [0.2, 0.25) is 0 Å². The number of hydrogen-bond acceptors (Lipinski definition) is 5. The zero-order chi connectivity index (χ0) is 17.5. The molecule has 2 N–H and O–H groups in total. The summed E-state index contributed by atoms with van der Waals surface area (Å²) in [6, 6.07) is 9.85. The quantitative estimate of drug-likeness (QED) is 0.788. The molecule has 1 aromatic heterocycles. The highest BCUT2D eigenvalue weighted by molar-refractivity contribution is 7.12. The van der Waals surface area contributed by atoms with Gasteiger partial charge in [-0.25, -0.2) is 4.79 Å². The van der Waals surface area contributed by atoms with Gasteiger partial charge in [0.2, 0.25) is 0 Å². The van der Waals surface area contributed by atoms with Gasteiger partial charge in [0.1, 0.15) is 0 Å². The first kappa shape index (κ1) is 17.7. The predicted molar refractivity (Wildman–Crippen MR) is 92.3 cm³/mol. The van der Waals surface area contributed by atoms with Crippen LogP contribution in [0.4, 0.5) is 5.69 Å². The molecule has 7 heteroatoms. The summed E-state index contributed by atoms with van der Waals surface area (Å²) in [5, 5.41) is 7.16. The summed E-state index contributed by atoms with van der Waals surface area (Å²) in [4.78, 5) is 36.1. The van der Waals surface area contributed by atoms with Gasteiger partial charge in [0.25, 0.3) is 11.8 Å². The summed E-state index contributed by atoms with van der Waals surface area (Å²) in [5.41, 5.74) is 0.741. The molecule has 1 heterocycles. The maximum absolute atomic E-state index is 12.0. The van der Waals surface area contributed by atoms with Gasteiger partial charge in [0.15, 0.2) is 6.61 Å². The second-order valence-electron chi connectivity index (χ2n) is 5.31. The lowest BCUT2D eigenvalue weighted by molar-refractivity contribution is -0.124. The Morgan fingerprint density at radius 1 is 1.17 bits per heavy atom. The Hall–Kier alpha value is -2.67. The second kappa shape index (κ2) is 8.26. The summed E-state index contributed by atoms with van der Waals surface area (Å²) in [5.74, 6) is -1.23. The minimum Gasteiger partial charge on any atom is -0.452 e. The second-order valence-corrected chi connectivity index (χ2v) is 6.26. The Kier molecular flexibility index (Phi) is 6.08. The van der Waals surface area contributed by atoms with E-state index in [4.69, 9.17) is 4.74 Å². The number of thiophene rings is 1. The van der Waals surface area contributed by atoms with Crippen molar-refractivity contribution in [3.63, 3.8) is 0 Å². The van der Waals surface area contributed by atoms with Gasteiger partial charge in [-0.2, -0.15) is 0 Å². The molecule has 1 aromatic carbocycles. The van der Waals surface area contributed by atoms with Gasteiger partial charge < -0.3 is 15.4 Å². The Bertz CT molecular complexity index is 726. The summed E-state index contributed by atoms with van der Waals surface area (Å²) in [7, 11) is 0. The van der Waals surface area contributed by atoms with Crippen LogP contribution in [-0.4, -0.2) is 30.4 Å². The number of carbonyl (C=O) groups excluding carboxylic acids is 3. The van der Waals surface area contributed by atoms with Crippen LogP contribution >= 0.6 is 11.3 Å². The highest BCUT2D eigenvalue weighted by Gasteiger charge is 2.12. The van der Waals surface area contributed by atoms with E-state index < -0.39 is 5.97 Å². The molecule has 2 amide bonds. The van der Waals surface area contributed by atoms with Gasteiger partial charge >= 0.3 is 5.97 Å². The van der Waals surface area contributed by atoms with E-state index in [1.807, 2.05) is 19.2 Å². The third-order valence-corrected chi connectivity index (χ3v) is 3.75. The zero-order valence-electron chi connectivity index (χ0n) is 13.4. The van der Waals surface area contributed by atoms with Crippen LogP contribution < -0.4 is 10.6 Å². The van der Waals surface area contributed by atoms with Gasteiger partial charge in [0.05, 0.1) is 10.4 Å². The maximum atomic E-state index is 12.0. The minimum atomic E-state index is -0.624. The molecule has 0 unspecified atom stereocenters. The van der Waals surface area contributed by atoms with Crippen molar-refractivity contribution in [1.82, 2.24) is 5.32 Å². The first-order chi connectivity index (χ1) is 11.5. The van der Waals surface area contributed by atoms with Crippen LogP contribution in [0.15, 0.2) is 41.8 Å². The number of ether oxygens (including phenoxy) is 1. The number of rotatable bonds is 6. The number of carbonyl (C=O) groups is 3. The van der Waals surface area contributed by atoms with Gasteiger partial charge in [0, 0.05) is 11.7 Å². The van der Waals surface area contributed by atoms with Crippen molar-refractivity contribution < 1.29 is 19.1 Å². The summed E-state index contributed by atoms with van der Waals surface area (Å²) in [6.45, 7) is 3.29. The van der Waals surface area contributed by atoms with Gasteiger partial charge in [-0.1, -0.05) is 12.1 Å². The molecule has 0 spiro atoms. The summed E-state index contributed by atoms with van der Waals surface area (Å²) in [6.07, 6.45) is 0. The van der Waals surface area contributed by atoms with Crippen LogP contribution in [0.25, 0.3) is 0 Å². The Balaban J connectivity index is 1.95. The molecule has 0 fully saturated rings. The highest BCUT2D eigenvalue weighted by Crippen LogP contribution is 2.15. The summed E-state index contributed by atoms with van der Waals surface area (Å²) >= 11 is 1.33. The number of hydrogen-bond donors (Lipinski definition) is 2. The van der Waals surface area contributed by atoms with Crippen molar-refractivity contribution in [2.75, 3.05) is 11.9 Å². The van der Waals surface area contributed by atoms with E-state index in [-0.39, 0.29) is 30.0 Å². The zero-order valence-corrected chi connectivity index (χ0v) is 14.2. The largest absolute Gasteiger partial charge is 0.452 e. The van der Waals surface area contributed by atoms with Gasteiger partial charge in [-0.3, -0.25) is 9.59 Å². The van der Waals surface area contributed by atoms with E-state index in [0.717, 1.165) is 0 Å². The first-order valence-corrected chi connectivity index (χ1v) is 8.25. The molecule has 126 valence electrons. The molecule has 0 radical (unpaired) electrons. The van der Waals surface area contributed by atoms with Crippen LogP contribution in [0, 0.1) is 0 Å². The number of amides is 2. The molecule has 0 saturated carbocycles. The lowest BCUT2D eigenvalue weighted by Crippen LogP contribution is -2.33. The lowest BCUT2D eigenvalue weighted by Gasteiger charge is -2.09. The van der Waals surface area contributed by atoms with Crippen molar-refractivity contribution in [2.45, 2.75) is 19.9 Å². The maximum Gasteiger partial charge on any atom is 0.338 e. The SMILES string of the molecule is CC(C)NC(=O)COC(=O)c1cccc(NC(=O)c2cccs2)c1. The lowest BCUT2D eigenvalue weighted by atomic mass is 10.2. The number of anilines is 1. The molecule has 2 aromatic rings. The van der Waals surface area contributed by atoms with Crippen LogP contribution in [0.3, 0.4) is 0 Å². The molecule has 0 aliphatic carbocycles. The Labute approximate surface area is 143 Å². The van der Waals surface area contributed by atoms with E-state index >= 15 is 0 Å². The van der Waals surface area contributed by atoms with Crippen molar-refractivity contribution in [3.8, 4) is 0 Å².